The van der Waals surface area contributed by atoms with Gasteiger partial charge in [0.2, 0.25) is 0 Å². The van der Waals surface area contributed by atoms with E-state index in [-0.39, 0.29) is 10.8 Å². The molecule has 0 bridgehead atoms. The molecule has 0 N–H and O–H groups in total. The second kappa shape index (κ2) is 12.1. The van der Waals surface area contributed by atoms with Crippen LogP contribution in [0.2, 0.25) is 0 Å². The van der Waals surface area contributed by atoms with E-state index in [0.717, 1.165) is 24.4 Å². The minimum atomic E-state index is -0.140. The van der Waals surface area contributed by atoms with Gasteiger partial charge in [0.1, 0.15) is 0 Å². The van der Waals surface area contributed by atoms with E-state index in [1.54, 1.807) is 6.08 Å². The van der Waals surface area contributed by atoms with E-state index in [4.69, 9.17) is 0 Å². The lowest BCUT2D eigenvalue weighted by Gasteiger charge is -2.32. The minimum absolute atomic E-state index is 0.118. The van der Waals surface area contributed by atoms with Gasteiger partial charge in [-0.2, -0.15) is 0 Å². The molecule has 1 aliphatic heterocycles. The van der Waals surface area contributed by atoms with Gasteiger partial charge in [0.25, 0.3) is 0 Å². The SMILES string of the molecule is C=C/C=C\C(=C)N(C)c1c(C)cc(C(C)(C)c2ccc(C(C)(C)c3ccc(N4CCC=CC4=C)c(C)c3)cc2)cc1C. The Bertz CT molecular complexity index is 1540. The normalized spacial score (nSPS) is 14.0. The first-order valence-electron chi connectivity index (χ1n) is 15.0. The maximum Gasteiger partial charge on any atom is 0.0467 e. The number of likely N-dealkylation sites (N-methyl/N-ethyl adjacent to an activating group) is 1. The van der Waals surface area contributed by atoms with Crippen LogP contribution >= 0.6 is 0 Å². The van der Waals surface area contributed by atoms with Gasteiger partial charge in [-0.05, 0) is 84.4 Å². The molecule has 0 fully saturated rings. The van der Waals surface area contributed by atoms with Crippen LogP contribution in [0.25, 0.3) is 0 Å². The molecule has 0 aliphatic carbocycles. The summed E-state index contributed by atoms with van der Waals surface area (Å²) >= 11 is 0. The Morgan fingerprint density at radius 2 is 1.33 bits per heavy atom. The van der Waals surface area contributed by atoms with Crippen molar-refractivity contribution < 1.29 is 0 Å². The van der Waals surface area contributed by atoms with Gasteiger partial charge >= 0.3 is 0 Å². The zero-order chi connectivity index (χ0) is 30.8. The van der Waals surface area contributed by atoms with Gasteiger partial charge in [0.05, 0.1) is 0 Å². The molecule has 2 heteroatoms. The van der Waals surface area contributed by atoms with Crippen molar-refractivity contribution in [2.75, 3.05) is 23.4 Å². The minimum Gasteiger partial charge on any atom is -0.345 e. The summed E-state index contributed by atoms with van der Waals surface area (Å²) in [5, 5.41) is 0. The lowest BCUT2D eigenvalue weighted by Crippen LogP contribution is -2.26. The number of hydrogen-bond donors (Lipinski definition) is 0. The number of rotatable bonds is 9. The predicted molar refractivity (Wildman–Crippen MR) is 185 cm³/mol. The van der Waals surface area contributed by atoms with E-state index in [0.29, 0.717) is 0 Å². The van der Waals surface area contributed by atoms with Crippen LogP contribution in [-0.4, -0.2) is 13.6 Å². The Balaban J connectivity index is 1.60. The summed E-state index contributed by atoms with van der Waals surface area (Å²) in [6.45, 7) is 29.1. The van der Waals surface area contributed by atoms with Crippen molar-refractivity contribution in [1.29, 1.82) is 0 Å². The summed E-state index contributed by atoms with van der Waals surface area (Å²) in [6, 6.07) is 20.8. The molecular formula is C40H48N2. The Hall–Kier alpha value is -4.04. The third-order valence-corrected chi connectivity index (χ3v) is 9.12. The predicted octanol–water partition coefficient (Wildman–Crippen LogP) is 10.2. The molecule has 0 radical (unpaired) electrons. The van der Waals surface area contributed by atoms with Crippen molar-refractivity contribution in [3.05, 3.63) is 155 Å². The molecule has 0 amide bonds. The molecule has 218 valence electrons. The van der Waals surface area contributed by atoms with Crippen LogP contribution in [0.15, 0.2) is 116 Å². The van der Waals surface area contributed by atoms with Crippen molar-refractivity contribution in [1.82, 2.24) is 0 Å². The first-order valence-corrected chi connectivity index (χ1v) is 15.0. The first kappa shape index (κ1) is 30.9. The fourth-order valence-electron chi connectivity index (χ4n) is 6.20. The van der Waals surface area contributed by atoms with Gasteiger partial charge in [-0.1, -0.05) is 114 Å². The Kier molecular flexibility index (Phi) is 8.87. The molecule has 0 aromatic heterocycles. The van der Waals surface area contributed by atoms with Crippen LogP contribution < -0.4 is 9.80 Å². The zero-order valence-electron chi connectivity index (χ0n) is 27.0. The van der Waals surface area contributed by atoms with E-state index in [9.17, 15) is 0 Å². The summed E-state index contributed by atoms with van der Waals surface area (Å²) in [6.07, 6.45) is 11.1. The third kappa shape index (κ3) is 5.95. The van der Waals surface area contributed by atoms with Crippen molar-refractivity contribution >= 4 is 11.4 Å². The Morgan fingerprint density at radius 3 is 1.86 bits per heavy atom. The molecule has 0 atom stereocenters. The molecule has 3 aromatic rings. The van der Waals surface area contributed by atoms with E-state index in [1.165, 1.54) is 50.3 Å². The second-order valence-corrected chi connectivity index (χ2v) is 12.8. The molecule has 0 unspecified atom stereocenters. The van der Waals surface area contributed by atoms with Crippen molar-refractivity contribution in [3.8, 4) is 0 Å². The van der Waals surface area contributed by atoms with Gasteiger partial charge in [-0.25, -0.2) is 0 Å². The molecule has 2 nitrogen and oxygen atoms in total. The molecule has 0 saturated heterocycles. The van der Waals surface area contributed by atoms with Crippen LogP contribution in [0.5, 0.6) is 0 Å². The fourth-order valence-corrected chi connectivity index (χ4v) is 6.20. The van der Waals surface area contributed by atoms with E-state index in [1.807, 2.05) is 12.2 Å². The Morgan fingerprint density at radius 1 is 0.810 bits per heavy atom. The number of benzene rings is 3. The van der Waals surface area contributed by atoms with E-state index < -0.39 is 0 Å². The van der Waals surface area contributed by atoms with Gasteiger partial charge in [-0.3, -0.25) is 0 Å². The smallest absolute Gasteiger partial charge is 0.0467 e. The molecule has 3 aromatic carbocycles. The van der Waals surface area contributed by atoms with Crippen LogP contribution in [0.4, 0.5) is 11.4 Å². The highest BCUT2D eigenvalue weighted by Crippen LogP contribution is 2.39. The van der Waals surface area contributed by atoms with Crippen LogP contribution in [0.1, 0.15) is 73.1 Å². The molecule has 1 heterocycles. The molecule has 0 saturated carbocycles. The molecule has 42 heavy (non-hydrogen) atoms. The summed E-state index contributed by atoms with van der Waals surface area (Å²) in [7, 11) is 2.08. The zero-order valence-corrected chi connectivity index (χ0v) is 27.0. The number of allylic oxidation sites excluding steroid dienone is 4. The Labute approximate surface area is 255 Å². The topological polar surface area (TPSA) is 6.48 Å². The monoisotopic (exact) mass is 556 g/mol. The van der Waals surface area contributed by atoms with Crippen molar-refractivity contribution in [2.45, 2.75) is 65.7 Å². The van der Waals surface area contributed by atoms with E-state index >= 15 is 0 Å². The number of anilines is 2. The second-order valence-electron chi connectivity index (χ2n) is 12.8. The highest BCUT2D eigenvalue weighted by Gasteiger charge is 2.28. The number of hydrogen-bond acceptors (Lipinski definition) is 2. The highest BCUT2D eigenvalue weighted by molar-refractivity contribution is 5.65. The average molecular weight is 557 g/mol. The summed E-state index contributed by atoms with van der Waals surface area (Å²) < 4.78 is 0. The fraction of sp³-hybridized carbons (Fsp3) is 0.300. The summed E-state index contributed by atoms with van der Waals surface area (Å²) in [5.74, 6) is 0. The van der Waals surface area contributed by atoms with Crippen LogP contribution in [-0.2, 0) is 10.8 Å². The van der Waals surface area contributed by atoms with Crippen molar-refractivity contribution in [2.24, 2.45) is 0 Å². The van der Waals surface area contributed by atoms with Crippen molar-refractivity contribution in [3.63, 3.8) is 0 Å². The average Bonchev–Trinajstić information content (AvgIpc) is 2.95. The van der Waals surface area contributed by atoms with Crippen LogP contribution in [0, 0.1) is 20.8 Å². The number of nitrogens with zero attached hydrogens (tertiary/aromatic N) is 2. The first-order chi connectivity index (χ1) is 19.8. The van der Waals surface area contributed by atoms with E-state index in [2.05, 4.69) is 152 Å². The molecular weight excluding hydrogens is 508 g/mol. The lowest BCUT2D eigenvalue weighted by atomic mass is 9.74. The lowest BCUT2D eigenvalue weighted by molar-refractivity contribution is 0.625. The summed E-state index contributed by atoms with van der Waals surface area (Å²) in [5.41, 5.74) is 13.2. The maximum absolute atomic E-state index is 4.25. The van der Waals surface area contributed by atoms with Gasteiger partial charge in [0.15, 0.2) is 0 Å². The largest absolute Gasteiger partial charge is 0.345 e. The summed E-state index contributed by atoms with van der Waals surface area (Å²) in [4.78, 5) is 4.49. The van der Waals surface area contributed by atoms with Crippen LogP contribution in [0.3, 0.4) is 0 Å². The third-order valence-electron chi connectivity index (χ3n) is 9.12. The molecule has 1 aliphatic rings. The quantitative estimate of drug-likeness (QED) is 0.242. The van der Waals surface area contributed by atoms with Gasteiger partial charge in [-0.15, -0.1) is 0 Å². The standard InChI is InChI=1S/C40H48N2/c1-12-13-16-31(5)41(11)38-29(3)26-36(27-30(38)4)40(9,10)34-20-18-33(19-21-34)39(7,8)35-22-23-37(28(2)25-35)42-24-15-14-17-32(42)6/h12-14,16-23,25-27H,1,5-6,15,24H2,2-4,7-11H3/b16-13-. The highest BCUT2D eigenvalue weighted by atomic mass is 15.1. The maximum atomic E-state index is 4.25. The number of aryl methyl sites for hydroxylation is 3. The van der Waals surface area contributed by atoms with Gasteiger partial charge in [0, 0.05) is 47.2 Å². The molecule has 4 rings (SSSR count). The van der Waals surface area contributed by atoms with Gasteiger partial charge < -0.3 is 9.80 Å². The molecule has 0 spiro atoms.